The van der Waals surface area contributed by atoms with Crippen molar-refractivity contribution in [3.05, 3.63) is 34.6 Å². The molecule has 1 aliphatic rings. The fraction of sp³-hybridized carbons (Fsp3) is 0.455. The van der Waals surface area contributed by atoms with Crippen LogP contribution in [0.1, 0.15) is 18.4 Å². The van der Waals surface area contributed by atoms with Crippen molar-refractivity contribution in [2.75, 3.05) is 6.61 Å². The highest BCUT2D eigenvalue weighted by Gasteiger charge is 2.41. The molecule has 0 aliphatic heterocycles. The van der Waals surface area contributed by atoms with Gasteiger partial charge in [0.25, 0.3) is 0 Å². The topological polar surface area (TPSA) is 32.3 Å². The first kappa shape index (κ1) is 10.9. The van der Waals surface area contributed by atoms with E-state index in [2.05, 4.69) is 5.32 Å². The molecule has 0 amide bonds. The summed E-state index contributed by atoms with van der Waals surface area (Å²) in [7, 11) is 0. The average molecular weight is 230 g/mol. The Morgan fingerprint density at radius 2 is 2.20 bits per heavy atom. The van der Waals surface area contributed by atoms with E-state index in [1.807, 2.05) is 0 Å². The minimum atomic E-state index is -0.399. The summed E-state index contributed by atoms with van der Waals surface area (Å²) >= 11 is 5.66. The molecule has 1 aromatic rings. The van der Waals surface area contributed by atoms with Gasteiger partial charge in [-0.15, -0.1) is 0 Å². The normalized spacial score (nSPS) is 17.8. The molecule has 0 aromatic heterocycles. The summed E-state index contributed by atoms with van der Waals surface area (Å²) in [6.45, 7) is 0.766. The van der Waals surface area contributed by atoms with Crippen LogP contribution in [0.15, 0.2) is 18.2 Å². The van der Waals surface area contributed by atoms with Gasteiger partial charge in [0.15, 0.2) is 0 Å². The molecule has 0 saturated heterocycles. The maximum absolute atomic E-state index is 12.9. The highest BCUT2D eigenvalue weighted by Crippen LogP contribution is 2.34. The van der Waals surface area contributed by atoms with E-state index in [1.54, 1.807) is 12.1 Å². The van der Waals surface area contributed by atoms with Crippen LogP contribution in [0.2, 0.25) is 5.02 Å². The van der Waals surface area contributed by atoms with Gasteiger partial charge in [0, 0.05) is 12.1 Å². The Morgan fingerprint density at radius 3 is 2.73 bits per heavy atom. The van der Waals surface area contributed by atoms with Crippen molar-refractivity contribution in [2.45, 2.75) is 24.9 Å². The minimum Gasteiger partial charge on any atom is -0.394 e. The quantitative estimate of drug-likeness (QED) is 0.829. The first-order valence-electron chi connectivity index (χ1n) is 4.95. The molecule has 1 aliphatic carbocycles. The zero-order valence-corrected chi connectivity index (χ0v) is 9.02. The molecule has 2 N–H and O–H groups in total. The summed E-state index contributed by atoms with van der Waals surface area (Å²) in [5.41, 5.74) is 0.835. The molecule has 0 atom stereocenters. The zero-order valence-electron chi connectivity index (χ0n) is 8.26. The Labute approximate surface area is 93.1 Å². The Hall–Kier alpha value is -0.640. The second-order valence-corrected chi connectivity index (χ2v) is 4.45. The standard InChI is InChI=1S/C11H13ClFNO/c12-9-5-8(1-2-10(9)13)6-14-11(7-15)3-4-11/h1-2,5,14-15H,3-4,6-7H2. The molecular weight excluding hydrogens is 217 g/mol. The predicted octanol–water partition coefficient (Wildman–Crippen LogP) is 2.09. The predicted molar refractivity (Wildman–Crippen MR) is 57.3 cm³/mol. The molecule has 1 fully saturated rings. The van der Waals surface area contributed by atoms with Crippen molar-refractivity contribution >= 4 is 11.6 Å². The second-order valence-electron chi connectivity index (χ2n) is 4.04. The number of hydrogen-bond acceptors (Lipinski definition) is 2. The summed E-state index contributed by atoms with van der Waals surface area (Å²) in [6, 6.07) is 4.66. The van der Waals surface area contributed by atoms with Crippen LogP contribution in [0, 0.1) is 5.82 Å². The Balaban J connectivity index is 1.96. The third kappa shape index (κ3) is 2.48. The maximum Gasteiger partial charge on any atom is 0.141 e. The lowest BCUT2D eigenvalue weighted by Gasteiger charge is -2.14. The Kier molecular flexibility index (Phi) is 2.96. The first-order chi connectivity index (χ1) is 7.15. The monoisotopic (exact) mass is 229 g/mol. The third-order valence-corrected chi connectivity index (χ3v) is 3.10. The molecule has 82 valence electrons. The van der Waals surface area contributed by atoms with E-state index in [0.717, 1.165) is 18.4 Å². The van der Waals surface area contributed by atoms with E-state index in [0.29, 0.717) is 6.54 Å². The maximum atomic E-state index is 12.9. The second kappa shape index (κ2) is 4.08. The van der Waals surface area contributed by atoms with Crippen LogP contribution >= 0.6 is 11.6 Å². The van der Waals surface area contributed by atoms with Crippen molar-refractivity contribution in [1.29, 1.82) is 0 Å². The summed E-state index contributed by atoms with van der Waals surface area (Å²) in [4.78, 5) is 0. The first-order valence-corrected chi connectivity index (χ1v) is 5.33. The van der Waals surface area contributed by atoms with E-state index in [4.69, 9.17) is 16.7 Å². The van der Waals surface area contributed by atoms with Gasteiger partial charge in [0.2, 0.25) is 0 Å². The van der Waals surface area contributed by atoms with E-state index in [-0.39, 0.29) is 17.2 Å². The molecule has 4 heteroatoms. The molecule has 2 nitrogen and oxygen atoms in total. The number of rotatable bonds is 4. The van der Waals surface area contributed by atoms with E-state index in [1.165, 1.54) is 6.07 Å². The van der Waals surface area contributed by atoms with Gasteiger partial charge in [-0.3, -0.25) is 0 Å². The van der Waals surface area contributed by atoms with E-state index < -0.39 is 5.82 Å². The van der Waals surface area contributed by atoms with Crippen molar-refractivity contribution in [3.8, 4) is 0 Å². The lowest BCUT2D eigenvalue weighted by atomic mass is 10.2. The molecule has 0 bridgehead atoms. The van der Waals surface area contributed by atoms with Crippen LogP contribution in [0.5, 0.6) is 0 Å². The molecule has 2 rings (SSSR count). The van der Waals surface area contributed by atoms with Crippen LogP contribution in [0.25, 0.3) is 0 Å². The van der Waals surface area contributed by atoms with E-state index >= 15 is 0 Å². The van der Waals surface area contributed by atoms with Gasteiger partial charge in [-0.05, 0) is 30.5 Å². The Morgan fingerprint density at radius 1 is 1.47 bits per heavy atom. The molecule has 1 aromatic carbocycles. The van der Waals surface area contributed by atoms with Crippen molar-refractivity contribution in [2.24, 2.45) is 0 Å². The van der Waals surface area contributed by atoms with Crippen LogP contribution in [0.3, 0.4) is 0 Å². The van der Waals surface area contributed by atoms with Gasteiger partial charge >= 0.3 is 0 Å². The third-order valence-electron chi connectivity index (χ3n) is 2.81. The van der Waals surface area contributed by atoms with Crippen LogP contribution in [0.4, 0.5) is 4.39 Å². The number of benzene rings is 1. The zero-order chi connectivity index (χ0) is 10.9. The lowest BCUT2D eigenvalue weighted by Crippen LogP contribution is -2.34. The van der Waals surface area contributed by atoms with Crippen LogP contribution in [-0.4, -0.2) is 17.3 Å². The van der Waals surface area contributed by atoms with Gasteiger partial charge in [0.05, 0.1) is 11.6 Å². The molecule has 15 heavy (non-hydrogen) atoms. The molecule has 0 heterocycles. The molecule has 0 unspecified atom stereocenters. The van der Waals surface area contributed by atoms with Gasteiger partial charge in [0.1, 0.15) is 5.82 Å². The number of halogens is 2. The molecular formula is C11H13ClFNO. The van der Waals surface area contributed by atoms with Gasteiger partial charge in [-0.25, -0.2) is 4.39 Å². The summed E-state index contributed by atoms with van der Waals surface area (Å²) in [6.07, 6.45) is 2.00. The SMILES string of the molecule is OCC1(NCc2ccc(F)c(Cl)c2)CC1. The van der Waals surface area contributed by atoms with Crippen molar-refractivity contribution in [3.63, 3.8) is 0 Å². The summed E-state index contributed by atoms with van der Waals surface area (Å²) in [5.74, 6) is -0.399. The number of aliphatic hydroxyl groups is 1. The fourth-order valence-corrected chi connectivity index (χ4v) is 1.68. The lowest BCUT2D eigenvalue weighted by molar-refractivity contribution is 0.229. The van der Waals surface area contributed by atoms with Crippen molar-refractivity contribution < 1.29 is 9.50 Å². The highest BCUT2D eigenvalue weighted by atomic mass is 35.5. The average Bonchev–Trinajstić information content (AvgIpc) is 3.01. The fourth-order valence-electron chi connectivity index (χ4n) is 1.48. The van der Waals surface area contributed by atoms with Gasteiger partial charge in [-0.2, -0.15) is 0 Å². The highest BCUT2D eigenvalue weighted by molar-refractivity contribution is 6.30. The van der Waals surface area contributed by atoms with E-state index in [9.17, 15) is 4.39 Å². The Bertz CT molecular complexity index is 366. The molecule has 1 saturated carbocycles. The van der Waals surface area contributed by atoms with Crippen molar-refractivity contribution in [1.82, 2.24) is 5.32 Å². The van der Waals surface area contributed by atoms with Crippen LogP contribution in [-0.2, 0) is 6.54 Å². The van der Waals surface area contributed by atoms with Crippen LogP contribution < -0.4 is 5.32 Å². The largest absolute Gasteiger partial charge is 0.394 e. The molecule has 0 spiro atoms. The minimum absolute atomic E-state index is 0.0964. The smallest absolute Gasteiger partial charge is 0.141 e. The van der Waals surface area contributed by atoms with Gasteiger partial charge in [-0.1, -0.05) is 17.7 Å². The summed E-state index contributed by atoms with van der Waals surface area (Å²) in [5, 5.41) is 12.5. The van der Waals surface area contributed by atoms with Gasteiger partial charge < -0.3 is 10.4 Å². The summed E-state index contributed by atoms with van der Waals surface area (Å²) < 4.78 is 12.9. The number of hydrogen-bond donors (Lipinski definition) is 2. The molecule has 0 radical (unpaired) electrons. The number of aliphatic hydroxyl groups excluding tert-OH is 1. The number of nitrogens with one attached hydrogen (secondary N) is 1.